The van der Waals surface area contributed by atoms with Gasteiger partial charge in [0.1, 0.15) is 17.1 Å². The monoisotopic (exact) mass is 311 g/mol. The molecule has 0 aliphatic carbocycles. The van der Waals surface area contributed by atoms with E-state index in [-0.39, 0.29) is 0 Å². The number of benzene rings is 1. The standard InChI is InChI=1S/C13H14BrNO3/c14-10-8-2-4-17-11(8)9(13(16)5-15-6-13)7-1-3-18-12(7)10/h15-16H,1-6H2. The number of aliphatic hydroxyl groups is 1. The zero-order chi connectivity index (χ0) is 12.3. The first-order valence-corrected chi connectivity index (χ1v) is 7.06. The third-order valence-corrected chi connectivity index (χ3v) is 4.88. The number of β-amino-alcohol motifs (C(OH)–C–C–N with tert-alkyl or cyclic N) is 1. The van der Waals surface area contributed by atoms with Crippen molar-refractivity contribution in [2.45, 2.75) is 18.4 Å². The Morgan fingerprint density at radius 3 is 2.39 bits per heavy atom. The maximum absolute atomic E-state index is 10.7. The molecule has 96 valence electrons. The summed E-state index contributed by atoms with van der Waals surface area (Å²) >= 11 is 3.62. The third kappa shape index (κ3) is 1.27. The van der Waals surface area contributed by atoms with Crippen LogP contribution in [0.25, 0.3) is 0 Å². The molecule has 4 rings (SSSR count). The summed E-state index contributed by atoms with van der Waals surface area (Å²) in [4.78, 5) is 0. The highest BCUT2D eigenvalue weighted by molar-refractivity contribution is 9.10. The zero-order valence-corrected chi connectivity index (χ0v) is 11.5. The molecule has 1 aromatic carbocycles. The van der Waals surface area contributed by atoms with Crippen molar-refractivity contribution < 1.29 is 14.6 Å². The van der Waals surface area contributed by atoms with Gasteiger partial charge in [0.05, 0.1) is 17.7 Å². The molecule has 0 atom stereocenters. The van der Waals surface area contributed by atoms with E-state index in [9.17, 15) is 5.11 Å². The van der Waals surface area contributed by atoms with Crippen LogP contribution in [0.5, 0.6) is 11.5 Å². The van der Waals surface area contributed by atoms with Gasteiger partial charge in [0.15, 0.2) is 0 Å². The second-order valence-electron chi connectivity index (χ2n) is 5.14. The van der Waals surface area contributed by atoms with Crippen molar-refractivity contribution in [2.75, 3.05) is 26.3 Å². The fourth-order valence-corrected chi connectivity index (χ4v) is 3.82. The van der Waals surface area contributed by atoms with Crippen LogP contribution in [-0.4, -0.2) is 31.4 Å². The van der Waals surface area contributed by atoms with Crippen LogP contribution < -0.4 is 14.8 Å². The largest absolute Gasteiger partial charge is 0.492 e. The van der Waals surface area contributed by atoms with Gasteiger partial charge < -0.3 is 19.9 Å². The van der Waals surface area contributed by atoms with Gasteiger partial charge >= 0.3 is 0 Å². The number of hydrogen-bond acceptors (Lipinski definition) is 4. The fraction of sp³-hybridized carbons (Fsp3) is 0.538. The lowest BCUT2D eigenvalue weighted by atomic mass is 9.82. The first-order chi connectivity index (χ1) is 8.71. The van der Waals surface area contributed by atoms with E-state index >= 15 is 0 Å². The average molecular weight is 312 g/mol. The molecule has 0 unspecified atom stereocenters. The maximum atomic E-state index is 10.7. The van der Waals surface area contributed by atoms with Gasteiger partial charge in [-0.3, -0.25) is 0 Å². The predicted molar refractivity (Wildman–Crippen MR) is 69.3 cm³/mol. The highest BCUT2D eigenvalue weighted by Crippen LogP contribution is 2.51. The number of rotatable bonds is 1. The molecule has 1 saturated heterocycles. The second kappa shape index (κ2) is 3.62. The Bertz CT molecular complexity index is 505. The Labute approximate surface area is 113 Å². The third-order valence-electron chi connectivity index (χ3n) is 4.04. The van der Waals surface area contributed by atoms with Crippen LogP contribution in [0.3, 0.4) is 0 Å². The van der Waals surface area contributed by atoms with Crippen LogP contribution in [0.2, 0.25) is 0 Å². The molecular formula is C13H14BrNO3. The average Bonchev–Trinajstić information content (AvgIpc) is 2.94. The molecule has 0 spiro atoms. The van der Waals surface area contributed by atoms with Gasteiger partial charge in [-0.15, -0.1) is 0 Å². The predicted octanol–water partition coefficient (Wildman–Crippen LogP) is 1.11. The smallest absolute Gasteiger partial charge is 0.137 e. The van der Waals surface area contributed by atoms with E-state index in [2.05, 4.69) is 21.2 Å². The quantitative estimate of drug-likeness (QED) is 0.816. The number of halogens is 1. The minimum Gasteiger partial charge on any atom is -0.492 e. The molecule has 0 aromatic heterocycles. The van der Waals surface area contributed by atoms with Gasteiger partial charge in [0.25, 0.3) is 0 Å². The van der Waals surface area contributed by atoms with E-state index in [4.69, 9.17) is 9.47 Å². The lowest BCUT2D eigenvalue weighted by molar-refractivity contribution is -0.0171. The Kier molecular flexibility index (Phi) is 2.23. The molecule has 4 nitrogen and oxygen atoms in total. The molecule has 3 heterocycles. The molecule has 2 N–H and O–H groups in total. The summed E-state index contributed by atoms with van der Waals surface area (Å²) in [6, 6.07) is 0. The lowest BCUT2D eigenvalue weighted by Gasteiger charge is -2.39. The summed E-state index contributed by atoms with van der Waals surface area (Å²) < 4.78 is 12.5. The summed E-state index contributed by atoms with van der Waals surface area (Å²) in [5, 5.41) is 13.8. The molecule has 0 amide bonds. The summed E-state index contributed by atoms with van der Waals surface area (Å²) in [7, 11) is 0. The van der Waals surface area contributed by atoms with Gasteiger partial charge in [0.2, 0.25) is 0 Å². The van der Waals surface area contributed by atoms with Gasteiger partial charge in [-0.25, -0.2) is 0 Å². The number of nitrogens with one attached hydrogen (secondary N) is 1. The summed E-state index contributed by atoms with van der Waals surface area (Å²) in [6.45, 7) is 2.56. The molecule has 3 aliphatic rings. The van der Waals surface area contributed by atoms with E-state index in [1.165, 1.54) is 0 Å². The Morgan fingerprint density at radius 1 is 1.06 bits per heavy atom. The molecule has 5 heteroatoms. The van der Waals surface area contributed by atoms with Crippen molar-refractivity contribution >= 4 is 15.9 Å². The summed E-state index contributed by atoms with van der Waals surface area (Å²) in [5.74, 6) is 1.80. The van der Waals surface area contributed by atoms with Gasteiger partial charge in [-0.2, -0.15) is 0 Å². The molecule has 0 saturated carbocycles. The fourth-order valence-electron chi connectivity index (χ4n) is 3.08. The van der Waals surface area contributed by atoms with Crippen LogP contribution in [0.4, 0.5) is 0 Å². The molecule has 1 aromatic rings. The molecule has 0 bridgehead atoms. The van der Waals surface area contributed by atoms with Gasteiger partial charge in [0, 0.05) is 42.6 Å². The van der Waals surface area contributed by atoms with Crippen molar-refractivity contribution in [3.05, 3.63) is 21.2 Å². The molecule has 1 fully saturated rings. The zero-order valence-electron chi connectivity index (χ0n) is 9.88. The SMILES string of the molecule is OC1(c2c3c(c(Br)c4c2OCC4)OCC3)CNC1. The minimum atomic E-state index is -0.785. The van der Waals surface area contributed by atoms with Crippen molar-refractivity contribution in [3.63, 3.8) is 0 Å². The van der Waals surface area contributed by atoms with E-state index in [0.29, 0.717) is 26.3 Å². The van der Waals surface area contributed by atoms with Crippen molar-refractivity contribution in [1.82, 2.24) is 5.32 Å². The Morgan fingerprint density at radius 2 is 1.72 bits per heavy atom. The highest BCUT2D eigenvalue weighted by atomic mass is 79.9. The number of fused-ring (bicyclic) bond motifs is 2. The summed E-state index contributed by atoms with van der Waals surface area (Å²) in [6.07, 6.45) is 1.73. The Hall–Kier alpha value is -0.780. The second-order valence-corrected chi connectivity index (χ2v) is 5.93. The molecule has 3 aliphatic heterocycles. The van der Waals surface area contributed by atoms with Crippen LogP contribution in [0.15, 0.2) is 4.47 Å². The molecule has 18 heavy (non-hydrogen) atoms. The van der Waals surface area contributed by atoms with Crippen molar-refractivity contribution in [2.24, 2.45) is 0 Å². The number of hydrogen-bond donors (Lipinski definition) is 2. The minimum absolute atomic E-state index is 0.594. The van der Waals surface area contributed by atoms with E-state index in [1.54, 1.807) is 0 Å². The first-order valence-electron chi connectivity index (χ1n) is 6.27. The maximum Gasteiger partial charge on any atom is 0.137 e. The number of ether oxygens (including phenoxy) is 2. The van der Waals surface area contributed by atoms with Crippen molar-refractivity contribution in [3.8, 4) is 11.5 Å². The van der Waals surface area contributed by atoms with Crippen molar-refractivity contribution in [1.29, 1.82) is 0 Å². The Balaban J connectivity index is 2.01. The van der Waals surface area contributed by atoms with Crippen LogP contribution in [-0.2, 0) is 18.4 Å². The summed E-state index contributed by atoms with van der Waals surface area (Å²) in [5.41, 5.74) is 2.44. The molecular weight excluding hydrogens is 298 g/mol. The van der Waals surface area contributed by atoms with E-state index < -0.39 is 5.60 Å². The first kappa shape index (κ1) is 11.1. The molecule has 0 radical (unpaired) electrons. The van der Waals surface area contributed by atoms with E-state index in [0.717, 1.165) is 45.5 Å². The van der Waals surface area contributed by atoms with Gasteiger partial charge in [-0.1, -0.05) is 0 Å². The van der Waals surface area contributed by atoms with Crippen LogP contribution in [0.1, 0.15) is 16.7 Å². The van der Waals surface area contributed by atoms with Crippen LogP contribution in [0, 0.1) is 0 Å². The highest BCUT2D eigenvalue weighted by Gasteiger charge is 2.44. The topological polar surface area (TPSA) is 50.7 Å². The lowest BCUT2D eigenvalue weighted by Crippen LogP contribution is -2.57. The normalized spacial score (nSPS) is 22.8. The van der Waals surface area contributed by atoms with Crippen LogP contribution >= 0.6 is 15.9 Å². The van der Waals surface area contributed by atoms with E-state index in [1.807, 2.05) is 0 Å². The van der Waals surface area contributed by atoms with Gasteiger partial charge in [-0.05, 0) is 15.9 Å².